The van der Waals surface area contributed by atoms with Crippen molar-refractivity contribution in [1.29, 1.82) is 0 Å². The van der Waals surface area contributed by atoms with E-state index in [4.69, 9.17) is 15.3 Å². The molecule has 1 saturated heterocycles. The molecule has 0 bridgehead atoms. The summed E-state index contributed by atoms with van der Waals surface area (Å²) in [5.74, 6) is -2.57. The fourth-order valence-electron chi connectivity index (χ4n) is 3.24. The zero-order valence-electron chi connectivity index (χ0n) is 18.1. The molecule has 172 valence electrons. The predicted octanol–water partition coefficient (Wildman–Crippen LogP) is -3.95. The first-order valence-electron chi connectivity index (χ1n) is 9.45. The van der Waals surface area contributed by atoms with Crippen molar-refractivity contribution in [3.8, 4) is 0 Å². The van der Waals surface area contributed by atoms with Gasteiger partial charge in [0.1, 0.15) is 42.3 Å². The van der Waals surface area contributed by atoms with Gasteiger partial charge in [-0.05, 0) is 17.7 Å². The first-order chi connectivity index (χ1) is 15.9. The number of nitrogens with two attached hydrogens (primary N) is 1. The van der Waals surface area contributed by atoms with Gasteiger partial charge in [0, 0.05) is 17.8 Å². The van der Waals surface area contributed by atoms with Gasteiger partial charge >= 0.3 is 29.6 Å². The molecule has 15 heteroatoms. The Balaban J connectivity index is 0.00000324. The van der Waals surface area contributed by atoms with Gasteiger partial charge in [0.25, 0.3) is 11.8 Å². The number of amides is 2. The molecule has 2 aliphatic rings. The molecule has 12 nitrogen and oxygen atoms in total. The topological polar surface area (TPSA) is 172 Å². The van der Waals surface area contributed by atoms with E-state index in [2.05, 4.69) is 20.4 Å². The van der Waals surface area contributed by atoms with Crippen molar-refractivity contribution in [1.82, 2.24) is 20.2 Å². The number of thioether (sulfide) groups is 1. The van der Waals surface area contributed by atoms with Crippen molar-refractivity contribution in [3.05, 3.63) is 52.6 Å². The number of hydrogen-bond donors (Lipinski definition) is 2. The van der Waals surface area contributed by atoms with Crippen LogP contribution in [0.2, 0.25) is 0 Å². The third-order valence-corrected chi connectivity index (χ3v) is 6.67. The second-order valence-corrected chi connectivity index (χ2v) is 8.75. The third kappa shape index (κ3) is 5.20. The molecule has 34 heavy (non-hydrogen) atoms. The van der Waals surface area contributed by atoms with Crippen LogP contribution in [-0.4, -0.2) is 62.6 Å². The minimum atomic E-state index is -1.54. The normalized spacial score (nSPS) is 19.5. The van der Waals surface area contributed by atoms with Gasteiger partial charge < -0.3 is 30.5 Å². The number of carboxylic acid groups (broad SMARTS) is 1. The Labute approximate surface area is 223 Å². The number of thiazole rings is 1. The number of β-lactam (4-membered cyclic amide) rings is 1. The van der Waals surface area contributed by atoms with Gasteiger partial charge in [0.05, 0.1) is 11.7 Å². The second-order valence-electron chi connectivity index (χ2n) is 6.76. The number of aliphatic carboxylic acids is 1. The number of carboxylic acids is 1. The van der Waals surface area contributed by atoms with E-state index < -0.39 is 29.2 Å². The minimum absolute atomic E-state index is 0. The quantitative estimate of drug-likeness (QED) is 0.154. The van der Waals surface area contributed by atoms with Crippen molar-refractivity contribution in [2.45, 2.75) is 18.0 Å². The summed E-state index contributed by atoms with van der Waals surface area (Å²) in [7, 11) is 1.26. The Bertz CT molecular complexity index is 1160. The molecule has 2 aromatic rings. The Kier molecular flexibility index (Phi) is 8.54. The maximum Gasteiger partial charge on any atom is 1.00 e. The van der Waals surface area contributed by atoms with Crippen molar-refractivity contribution in [2.75, 3.05) is 18.6 Å². The van der Waals surface area contributed by atoms with Crippen LogP contribution >= 0.6 is 23.1 Å². The van der Waals surface area contributed by atoms with Gasteiger partial charge in [-0.2, -0.15) is 0 Å². The summed E-state index contributed by atoms with van der Waals surface area (Å²) in [5.41, 5.74) is 6.09. The summed E-state index contributed by atoms with van der Waals surface area (Å²) >= 11 is 2.37. The average molecular weight is 513 g/mol. The maximum absolute atomic E-state index is 12.8. The molecule has 0 radical (unpaired) electrons. The van der Waals surface area contributed by atoms with E-state index in [-0.39, 0.29) is 69.9 Å². The number of pyridine rings is 1. The van der Waals surface area contributed by atoms with Crippen LogP contribution in [-0.2, 0) is 30.6 Å². The number of fused-ring (bicyclic) bond motifs is 1. The standard InChI is InChI=1S/C19H18N6O6S2.Na/c1-30-24-12(10-7-33-19(20)22-10)15(26)23-13-16(27)25-14(18(28)29)11(8-32-17(13)25)31-6-9-2-4-21-5-3-9;/h2-5,7,13,17H,6,8H2,1H3,(H2,20,22)(H,23,26)(H,28,29);/q;+1/p-1/b24-12-;/t13-,17+;/m1./s1. The summed E-state index contributed by atoms with van der Waals surface area (Å²) in [6.45, 7) is 0.107. The molecule has 0 unspecified atom stereocenters. The van der Waals surface area contributed by atoms with Crippen molar-refractivity contribution in [2.24, 2.45) is 5.16 Å². The van der Waals surface area contributed by atoms with E-state index in [9.17, 15) is 19.5 Å². The first-order valence-corrected chi connectivity index (χ1v) is 11.4. The second kappa shape index (κ2) is 11.2. The van der Waals surface area contributed by atoms with Gasteiger partial charge in [0.15, 0.2) is 10.8 Å². The molecule has 0 aliphatic carbocycles. The largest absolute Gasteiger partial charge is 1.00 e. The summed E-state index contributed by atoms with van der Waals surface area (Å²) in [6.07, 6.45) is 3.18. The molecule has 2 amide bonds. The van der Waals surface area contributed by atoms with Crippen LogP contribution in [0.5, 0.6) is 0 Å². The van der Waals surface area contributed by atoms with Crippen LogP contribution in [0.3, 0.4) is 0 Å². The number of nitrogen functional groups attached to an aromatic ring is 1. The first kappa shape index (κ1) is 26.0. The van der Waals surface area contributed by atoms with Crippen molar-refractivity contribution in [3.63, 3.8) is 0 Å². The molecule has 2 aliphatic heterocycles. The molecule has 2 atom stereocenters. The zero-order chi connectivity index (χ0) is 23.5. The summed E-state index contributed by atoms with van der Waals surface area (Å²) in [4.78, 5) is 51.1. The molecular weight excluding hydrogens is 495 g/mol. The van der Waals surface area contributed by atoms with E-state index >= 15 is 0 Å². The molecule has 0 saturated carbocycles. The minimum Gasteiger partial charge on any atom is -0.543 e. The fourth-order valence-corrected chi connectivity index (χ4v) is 5.07. The number of ether oxygens (including phenoxy) is 1. The third-order valence-electron chi connectivity index (χ3n) is 4.74. The molecule has 4 heterocycles. The summed E-state index contributed by atoms with van der Waals surface area (Å²) in [5, 5.41) is 19.2. The number of nitrogens with zero attached hydrogens (tertiary/aromatic N) is 4. The molecule has 0 aromatic carbocycles. The average Bonchev–Trinajstić information content (AvgIpc) is 3.25. The van der Waals surface area contributed by atoms with E-state index in [0.29, 0.717) is 0 Å². The number of rotatable bonds is 8. The van der Waals surface area contributed by atoms with Gasteiger partial charge in [-0.25, -0.2) is 4.98 Å². The SMILES string of the molecule is CO/N=C(\C(=O)N[C@@H]1C(=O)N2C(C(=O)[O-])=C(OCc3ccncc3)CS[C@@H]12)c1csc(N)n1.[Na+]. The van der Waals surface area contributed by atoms with E-state index in [0.717, 1.165) is 21.8 Å². The van der Waals surface area contributed by atoms with Crippen LogP contribution in [0.15, 0.2) is 46.5 Å². The Morgan fingerprint density at radius 1 is 1.38 bits per heavy atom. The monoisotopic (exact) mass is 512 g/mol. The molecule has 4 rings (SSSR count). The van der Waals surface area contributed by atoms with Crippen molar-refractivity contribution < 1.29 is 58.6 Å². The molecule has 1 fully saturated rings. The predicted molar refractivity (Wildman–Crippen MR) is 116 cm³/mol. The number of carbonyl (C=O) groups is 3. The van der Waals surface area contributed by atoms with Gasteiger partial charge in [0.2, 0.25) is 0 Å². The van der Waals surface area contributed by atoms with E-state index in [1.807, 2.05) is 0 Å². The number of anilines is 1. The number of nitrogens with one attached hydrogen (secondary N) is 1. The molecular formula is C19H17N6NaO6S2. The number of aromatic nitrogens is 2. The molecule has 2 aromatic heterocycles. The number of hydrogen-bond acceptors (Lipinski definition) is 12. The smallest absolute Gasteiger partial charge is 0.543 e. The maximum atomic E-state index is 12.8. The van der Waals surface area contributed by atoms with E-state index in [1.165, 1.54) is 24.3 Å². The molecule has 0 spiro atoms. The molecule has 3 N–H and O–H groups in total. The van der Waals surface area contributed by atoms with E-state index in [1.54, 1.807) is 24.5 Å². The number of oxime groups is 1. The summed E-state index contributed by atoms with van der Waals surface area (Å²) < 4.78 is 5.66. The van der Waals surface area contributed by atoms with Gasteiger partial charge in [-0.1, -0.05) is 5.16 Å². The van der Waals surface area contributed by atoms with Crippen LogP contribution < -0.4 is 45.7 Å². The van der Waals surface area contributed by atoms with Crippen molar-refractivity contribution >= 4 is 51.7 Å². The Morgan fingerprint density at radius 3 is 2.74 bits per heavy atom. The Hall–Kier alpha value is -2.65. The van der Waals surface area contributed by atoms with Crippen LogP contribution in [0.25, 0.3) is 0 Å². The van der Waals surface area contributed by atoms with Crippen LogP contribution in [0.4, 0.5) is 5.13 Å². The van der Waals surface area contributed by atoms with Crippen LogP contribution in [0, 0.1) is 0 Å². The Morgan fingerprint density at radius 2 is 2.12 bits per heavy atom. The zero-order valence-corrected chi connectivity index (χ0v) is 21.7. The van der Waals surface area contributed by atoms with Gasteiger partial charge in [-0.3, -0.25) is 19.5 Å². The van der Waals surface area contributed by atoms with Crippen LogP contribution in [0.1, 0.15) is 11.3 Å². The van der Waals surface area contributed by atoms with Gasteiger partial charge in [-0.15, -0.1) is 23.1 Å². The number of carbonyl (C=O) groups excluding carboxylic acids is 3. The summed E-state index contributed by atoms with van der Waals surface area (Å²) in [6, 6.07) is 2.48. The fraction of sp³-hybridized carbons (Fsp3) is 0.263.